The van der Waals surface area contributed by atoms with Gasteiger partial charge in [0.2, 0.25) is 0 Å². The van der Waals surface area contributed by atoms with Crippen LogP contribution in [0.2, 0.25) is 0 Å². The lowest BCUT2D eigenvalue weighted by Crippen LogP contribution is -2.34. The lowest BCUT2D eigenvalue weighted by atomic mass is 9.85. The molecule has 0 aliphatic heterocycles. The molecule has 4 aromatic rings. The molecule has 0 aromatic heterocycles. The van der Waals surface area contributed by atoms with Gasteiger partial charge < -0.3 is 0 Å². The Kier molecular flexibility index (Phi) is 6.46. The lowest BCUT2D eigenvalue weighted by molar-refractivity contribution is 0.317. The highest BCUT2D eigenvalue weighted by Crippen LogP contribution is 2.66. The average Bonchev–Trinajstić information content (AvgIpc) is 3.04. The van der Waals surface area contributed by atoms with Gasteiger partial charge in [0, 0.05) is 0 Å². The molecule has 4 aromatic carbocycles. The predicted molar refractivity (Wildman–Crippen MR) is 150 cm³/mol. The molecular formula is C33H36P+. The molecule has 1 aliphatic carbocycles. The Bertz CT molecular complexity index is 1130. The van der Waals surface area contributed by atoms with Crippen LogP contribution < -0.4 is 15.9 Å². The molecule has 0 bridgehead atoms. The van der Waals surface area contributed by atoms with Crippen molar-refractivity contribution in [3.8, 4) is 0 Å². The summed E-state index contributed by atoms with van der Waals surface area (Å²) in [5.41, 5.74) is 5.41. The molecule has 1 unspecified atom stereocenters. The van der Waals surface area contributed by atoms with Crippen LogP contribution in [0.3, 0.4) is 0 Å². The second-order valence-corrected chi connectivity index (χ2v) is 14.4. The van der Waals surface area contributed by atoms with Crippen LogP contribution in [0.15, 0.2) is 109 Å². The van der Waals surface area contributed by atoms with Crippen LogP contribution in [0.5, 0.6) is 0 Å². The van der Waals surface area contributed by atoms with Gasteiger partial charge in [0.1, 0.15) is 28.8 Å². The second kappa shape index (κ2) is 9.52. The number of hydrogen-bond donors (Lipinski definition) is 0. The van der Waals surface area contributed by atoms with Crippen LogP contribution in [-0.4, -0.2) is 0 Å². The van der Waals surface area contributed by atoms with Crippen molar-refractivity contribution >= 4 is 23.2 Å². The van der Waals surface area contributed by atoms with E-state index in [1.807, 2.05) is 0 Å². The van der Waals surface area contributed by atoms with Gasteiger partial charge in [-0.1, -0.05) is 86.6 Å². The van der Waals surface area contributed by atoms with E-state index < -0.39 is 7.26 Å². The minimum atomic E-state index is -1.94. The van der Waals surface area contributed by atoms with Crippen molar-refractivity contribution in [1.82, 2.24) is 0 Å². The Labute approximate surface area is 206 Å². The van der Waals surface area contributed by atoms with Crippen molar-refractivity contribution in [2.24, 2.45) is 5.41 Å². The fraction of sp³-hybridized carbons (Fsp3) is 0.273. The van der Waals surface area contributed by atoms with E-state index in [-0.39, 0.29) is 0 Å². The summed E-state index contributed by atoms with van der Waals surface area (Å²) in [5.74, 6) is 0. The number of aryl methyl sites for hydroxylation is 2. The van der Waals surface area contributed by atoms with E-state index in [2.05, 4.69) is 130 Å². The first-order chi connectivity index (χ1) is 16.5. The highest BCUT2D eigenvalue weighted by molar-refractivity contribution is 7.95. The zero-order chi connectivity index (χ0) is 23.6. The van der Waals surface area contributed by atoms with Crippen LogP contribution in [0.25, 0.3) is 0 Å². The predicted octanol–water partition coefficient (Wildman–Crippen LogP) is 7.65. The molecule has 5 rings (SSSR count). The van der Waals surface area contributed by atoms with Crippen LogP contribution >= 0.6 is 7.26 Å². The summed E-state index contributed by atoms with van der Waals surface area (Å²) in [6.07, 6.45) is 4.95. The number of fused-ring (bicyclic) bond motifs is 1. The molecule has 0 saturated heterocycles. The van der Waals surface area contributed by atoms with E-state index in [1.54, 1.807) is 11.1 Å². The van der Waals surface area contributed by atoms with Crippen molar-refractivity contribution < 1.29 is 0 Å². The highest BCUT2D eigenvalue weighted by atomic mass is 31.2. The normalized spacial score (nSPS) is 16.3. The van der Waals surface area contributed by atoms with Gasteiger partial charge >= 0.3 is 0 Å². The topological polar surface area (TPSA) is 0 Å². The van der Waals surface area contributed by atoms with Crippen molar-refractivity contribution in [1.29, 1.82) is 0 Å². The molecule has 0 nitrogen and oxygen atoms in total. The van der Waals surface area contributed by atoms with Gasteiger partial charge in [-0.3, -0.25) is 0 Å². The summed E-state index contributed by atoms with van der Waals surface area (Å²) in [4.78, 5) is 0. The summed E-state index contributed by atoms with van der Waals surface area (Å²) in [5, 5.41) is 4.36. The SMILES string of the molecule is CC(c1ccc2c(c1)CCC(C)(C)CC2)[P+](c1ccccc1)(c1ccccc1)c1ccccc1. The molecule has 1 atom stereocenters. The Balaban J connectivity index is 1.71. The van der Waals surface area contributed by atoms with Crippen molar-refractivity contribution in [3.05, 3.63) is 126 Å². The third-order valence-electron chi connectivity index (χ3n) is 7.93. The van der Waals surface area contributed by atoms with Gasteiger partial charge in [-0.2, -0.15) is 0 Å². The second-order valence-electron chi connectivity index (χ2n) is 10.6. The molecule has 1 aliphatic rings. The van der Waals surface area contributed by atoms with E-state index in [0.717, 1.165) is 0 Å². The van der Waals surface area contributed by atoms with E-state index in [4.69, 9.17) is 0 Å². The Morgan fingerprint density at radius 2 is 1.03 bits per heavy atom. The monoisotopic (exact) mass is 463 g/mol. The maximum Gasteiger partial charge on any atom is 0.119 e. The molecule has 0 radical (unpaired) electrons. The van der Waals surface area contributed by atoms with Gasteiger partial charge in [-0.25, -0.2) is 0 Å². The molecule has 0 N–H and O–H groups in total. The third-order valence-corrected chi connectivity index (χ3v) is 12.7. The molecule has 0 saturated carbocycles. The van der Waals surface area contributed by atoms with Gasteiger partial charge in [0.25, 0.3) is 0 Å². The molecular weight excluding hydrogens is 427 g/mol. The standard InChI is InChI=1S/C33H36P/c1-26(28-20-19-27-21-23-33(2,3)24-22-29(27)25-28)34(30-13-7-4-8-14-30,31-15-9-5-10-16-31)32-17-11-6-12-18-32/h4-20,25-26H,21-24H2,1-3H3/q+1. The summed E-state index contributed by atoms with van der Waals surface area (Å²) < 4.78 is 0. The fourth-order valence-electron chi connectivity index (χ4n) is 5.78. The Morgan fingerprint density at radius 3 is 1.50 bits per heavy atom. The summed E-state index contributed by atoms with van der Waals surface area (Å²) in [6, 6.07) is 41.3. The van der Waals surface area contributed by atoms with Gasteiger partial charge in [-0.15, -0.1) is 0 Å². The van der Waals surface area contributed by atoms with Gasteiger partial charge in [0.15, 0.2) is 0 Å². The lowest BCUT2D eigenvalue weighted by Gasteiger charge is -2.33. The van der Waals surface area contributed by atoms with Crippen molar-refractivity contribution in [3.63, 3.8) is 0 Å². The third kappa shape index (κ3) is 4.25. The Morgan fingerprint density at radius 1 is 0.588 bits per heavy atom. The largest absolute Gasteiger partial charge is 0.119 e. The van der Waals surface area contributed by atoms with Gasteiger partial charge in [-0.05, 0) is 91.1 Å². The van der Waals surface area contributed by atoms with E-state index in [9.17, 15) is 0 Å². The van der Waals surface area contributed by atoms with Crippen LogP contribution in [0.1, 0.15) is 56.0 Å². The Hall–Kier alpha value is -2.69. The van der Waals surface area contributed by atoms with E-state index in [1.165, 1.54) is 47.2 Å². The molecule has 0 heterocycles. The summed E-state index contributed by atoms with van der Waals surface area (Å²) in [7, 11) is -1.94. The molecule has 0 amide bonds. The van der Waals surface area contributed by atoms with Crippen molar-refractivity contribution in [2.45, 2.75) is 52.1 Å². The van der Waals surface area contributed by atoms with Crippen molar-refractivity contribution in [2.75, 3.05) is 0 Å². The van der Waals surface area contributed by atoms with Crippen LogP contribution in [-0.2, 0) is 12.8 Å². The average molecular weight is 464 g/mol. The minimum Gasteiger partial charge on any atom is -0.0620 e. The van der Waals surface area contributed by atoms with Gasteiger partial charge in [0.05, 0.1) is 0 Å². The van der Waals surface area contributed by atoms with E-state index >= 15 is 0 Å². The summed E-state index contributed by atoms with van der Waals surface area (Å²) >= 11 is 0. The molecule has 0 fully saturated rings. The highest BCUT2D eigenvalue weighted by Gasteiger charge is 2.50. The maximum atomic E-state index is 2.56. The first-order valence-corrected chi connectivity index (χ1v) is 14.5. The smallest absolute Gasteiger partial charge is 0.0620 e. The fourth-order valence-corrected chi connectivity index (χ4v) is 10.6. The first-order valence-electron chi connectivity index (χ1n) is 12.7. The summed E-state index contributed by atoms with van der Waals surface area (Å²) in [6.45, 7) is 7.33. The minimum absolute atomic E-state index is 0.376. The maximum absolute atomic E-state index is 2.56. The van der Waals surface area contributed by atoms with Crippen LogP contribution in [0.4, 0.5) is 0 Å². The molecule has 34 heavy (non-hydrogen) atoms. The number of hydrogen-bond acceptors (Lipinski definition) is 0. The van der Waals surface area contributed by atoms with E-state index in [0.29, 0.717) is 11.1 Å². The quantitative estimate of drug-likeness (QED) is 0.211. The number of rotatable bonds is 5. The zero-order valence-electron chi connectivity index (χ0n) is 20.7. The first kappa shape index (κ1) is 23.1. The molecule has 172 valence electrons. The zero-order valence-corrected chi connectivity index (χ0v) is 21.6. The van der Waals surface area contributed by atoms with Crippen LogP contribution in [0, 0.1) is 5.41 Å². The molecule has 0 spiro atoms. The number of benzene rings is 4. The molecule has 1 heteroatoms.